The van der Waals surface area contributed by atoms with Gasteiger partial charge in [-0.05, 0) is 67.9 Å². The van der Waals surface area contributed by atoms with Gasteiger partial charge in [-0.15, -0.1) is 0 Å². The highest BCUT2D eigenvalue weighted by Crippen LogP contribution is 2.36. The third-order valence-corrected chi connectivity index (χ3v) is 7.43. The van der Waals surface area contributed by atoms with Crippen LogP contribution in [-0.4, -0.2) is 42.1 Å². The topological polar surface area (TPSA) is 67.9 Å². The van der Waals surface area contributed by atoms with Crippen molar-refractivity contribution in [2.75, 3.05) is 19.9 Å². The van der Waals surface area contributed by atoms with Crippen molar-refractivity contribution in [3.8, 4) is 11.5 Å². The zero-order valence-corrected chi connectivity index (χ0v) is 19.3. The van der Waals surface area contributed by atoms with E-state index in [1.807, 2.05) is 23.1 Å². The van der Waals surface area contributed by atoms with Gasteiger partial charge in [-0.2, -0.15) is 0 Å². The van der Waals surface area contributed by atoms with Gasteiger partial charge in [0.05, 0.1) is 0 Å². The molecule has 0 unspecified atom stereocenters. The second-order valence-corrected chi connectivity index (χ2v) is 9.73. The molecule has 5 rings (SSSR count). The van der Waals surface area contributed by atoms with Crippen molar-refractivity contribution in [2.24, 2.45) is 0 Å². The number of nitrogens with zero attached hydrogens (tertiary/aromatic N) is 1. The fourth-order valence-corrected chi connectivity index (χ4v) is 5.63. The van der Waals surface area contributed by atoms with Gasteiger partial charge in [0.2, 0.25) is 18.6 Å². The molecule has 2 fully saturated rings. The van der Waals surface area contributed by atoms with Gasteiger partial charge in [0.25, 0.3) is 0 Å². The summed E-state index contributed by atoms with van der Waals surface area (Å²) in [7, 11) is 0. The second-order valence-electron chi connectivity index (χ2n) is 9.73. The van der Waals surface area contributed by atoms with E-state index >= 15 is 0 Å². The maximum Gasteiger partial charge on any atom is 0.231 e. The molecule has 0 saturated carbocycles. The number of likely N-dealkylation sites (tertiary alicyclic amines) is 1. The lowest BCUT2D eigenvalue weighted by atomic mass is 9.84. The van der Waals surface area contributed by atoms with E-state index in [0.29, 0.717) is 31.6 Å². The molecule has 2 aromatic rings. The van der Waals surface area contributed by atoms with E-state index in [4.69, 9.17) is 9.47 Å². The number of hydrogen-bond acceptors (Lipinski definition) is 4. The number of rotatable bonds is 6. The van der Waals surface area contributed by atoms with Crippen LogP contribution < -0.4 is 14.8 Å². The predicted molar refractivity (Wildman–Crippen MR) is 125 cm³/mol. The average molecular weight is 449 g/mol. The van der Waals surface area contributed by atoms with Crippen molar-refractivity contribution >= 4 is 11.8 Å². The second kappa shape index (κ2) is 9.08. The van der Waals surface area contributed by atoms with E-state index in [-0.39, 0.29) is 24.1 Å². The van der Waals surface area contributed by atoms with Crippen molar-refractivity contribution in [3.05, 3.63) is 59.2 Å². The summed E-state index contributed by atoms with van der Waals surface area (Å²) in [6, 6.07) is 14.5. The van der Waals surface area contributed by atoms with Crippen LogP contribution in [0.25, 0.3) is 0 Å². The maximum atomic E-state index is 13.2. The number of piperidine rings is 1. The molecule has 1 N–H and O–H groups in total. The van der Waals surface area contributed by atoms with Gasteiger partial charge in [-0.1, -0.05) is 30.3 Å². The number of benzene rings is 2. The third kappa shape index (κ3) is 4.70. The molecule has 3 aliphatic heterocycles. The van der Waals surface area contributed by atoms with Crippen LogP contribution in [0.1, 0.15) is 61.1 Å². The summed E-state index contributed by atoms with van der Waals surface area (Å²) in [4.78, 5) is 27.4. The van der Waals surface area contributed by atoms with Crippen LogP contribution in [0.5, 0.6) is 11.5 Å². The molecule has 3 heterocycles. The fraction of sp³-hybridized carbons (Fsp3) is 0.481. The number of nitrogens with one attached hydrogen (secondary N) is 1. The fourth-order valence-electron chi connectivity index (χ4n) is 5.63. The van der Waals surface area contributed by atoms with Crippen molar-refractivity contribution in [1.29, 1.82) is 0 Å². The predicted octanol–water partition coefficient (Wildman–Crippen LogP) is 4.10. The molecule has 2 atom stereocenters. The van der Waals surface area contributed by atoms with Gasteiger partial charge in [0, 0.05) is 37.4 Å². The first-order valence-electron chi connectivity index (χ1n) is 12.0. The molecule has 0 bridgehead atoms. The van der Waals surface area contributed by atoms with Crippen molar-refractivity contribution < 1.29 is 19.1 Å². The number of ether oxygens (including phenoxy) is 2. The molecule has 0 radical (unpaired) electrons. The Hall–Kier alpha value is -3.02. The van der Waals surface area contributed by atoms with Crippen LogP contribution in [0.4, 0.5) is 0 Å². The standard InChI is InChI=1S/C27H32N2O4/c1-19-5-2-3-7-22(19)21-6-4-14-29(17-21)26(31)11-13-27(12-10-25(30)28-27)16-20-8-9-23-24(15-20)33-18-32-23/h2-3,5,7-9,15,21H,4,6,10-14,16-18H2,1H3,(H,28,30)/t21-,27-/m0/s1. The number of fused-ring (bicyclic) bond motifs is 1. The Morgan fingerprint density at radius 1 is 1.18 bits per heavy atom. The molecule has 3 aliphatic rings. The smallest absolute Gasteiger partial charge is 0.231 e. The van der Waals surface area contributed by atoms with Gasteiger partial charge < -0.3 is 19.7 Å². The van der Waals surface area contributed by atoms with Crippen LogP contribution in [0.15, 0.2) is 42.5 Å². The first-order chi connectivity index (χ1) is 16.0. The Morgan fingerprint density at radius 2 is 2.03 bits per heavy atom. The van der Waals surface area contributed by atoms with Gasteiger partial charge >= 0.3 is 0 Å². The zero-order valence-electron chi connectivity index (χ0n) is 19.3. The van der Waals surface area contributed by atoms with E-state index in [2.05, 4.69) is 36.5 Å². The summed E-state index contributed by atoms with van der Waals surface area (Å²) in [6.07, 6.45) is 5.21. The van der Waals surface area contributed by atoms with Gasteiger partial charge in [0.15, 0.2) is 11.5 Å². The maximum absolute atomic E-state index is 13.2. The summed E-state index contributed by atoms with van der Waals surface area (Å²) in [5.41, 5.74) is 3.36. The van der Waals surface area contributed by atoms with E-state index in [0.717, 1.165) is 49.4 Å². The summed E-state index contributed by atoms with van der Waals surface area (Å²) in [5.74, 6) is 2.17. The molecular formula is C27H32N2O4. The van der Waals surface area contributed by atoms with Crippen molar-refractivity contribution in [1.82, 2.24) is 10.2 Å². The lowest BCUT2D eigenvalue weighted by molar-refractivity contribution is -0.133. The zero-order chi connectivity index (χ0) is 22.8. The number of carbonyl (C=O) groups is 2. The van der Waals surface area contributed by atoms with E-state index in [9.17, 15) is 9.59 Å². The lowest BCUT2D eigenvalue weighted by Gasteiger charge is -2.35. The van der Waals surface area contributed by atoms with E-state index in [1.54, 1.807) is 0 Å². The normalized spacial score (nSPS) is 24.1. The molecule has 0 aliphatic carbocycles. The highest BCUT2D eigenvalue weighted by molar-refractivity contribution is 5.80. The Kier molecular flexibility index (Phi) is 6.00. The molecule has 33 heavy (non-hydrogen) atoms. The molecule has 6 heteroatoms. The highest BCUT2D eigenvalue weighted by Gasteiger charge is 2.39. The van der Waals surface area contributed by atoms with E-state index < -0.39 is 0 Å². The Bertz CT molecular complexity index is 1050. The summed E-state index contributed by atoms with van der Waals surface area (Å²) < 4.78 is 10.9. The van der Waals surface area contributed by atoms with Gasteiger partial charge in [-0.3, -0.25) is 9.59 Å². The summed E-state index contributed by atoms with van der Waals surface area (Å²) in [6.45, 7) is 4.00. The Labute approximate surface area is 195 Å². The monoisotopic (exact) mass is 448 g/mol. The minimum Gasteiger partial charge on any atom is -0.454 e. The van der Waals surface area contributed by atoms with E-state index in [1.165, 1.54) is 11.1 Å². The summed E-state index contributed by atoms with van der Waals surface area (Å²) >= 11 is 0. The quantitative estimate of drug-likeness (QED) is 0.723. The number of amides is 2. The number of aryl methyl sites for hydroxylation is 1. The lowest BCUT2D eigenvalue weighted by Crippen LogP contribution is -2.45. The molecule has 6 nitrogen and oxygen atoms in total. The minimum atomic E-state index is -0.383. The minimum absolute atomic E-state index is 0.0702. The van der Waals surface area contributed by atoms with Crippen LogP contribution in [0.3, 0.4) is 0 Å². The Balaban J connectivity index is 1.24. The Morgan fingerprint density at radius 3 is 2.85 bits per heavy atom. The molecule has 2 saturated heterocycles. The summed E-state index contributed by atoms with van der Waals surface area (Å²) in [5, 5.41) is 3.20. The van der Waals surface area contributed by atoms with Gasteiger partial charge in [-0.25, -0.2) is 0 Å². The number of carbonyl (C=O) groups excluding carboxylic acids is 2. The van der Waals surface area contributed by atoms with Crippen molar-refractivity contribution in [2.45, 2.75) is 63.3 Å². The van der Waals surface area contributed by atoms with Crippen molar-refractivity contribution in [3.63, 3.8) is 0 Å². The SMILES string of the molecule is Cc1ccccc1[C@H]1CCCN(C(=O)CC[C@]2(Cc3ccc4c(c3)OCO4)CCC(=O)N2)C1. The largest absolute Gasteiger partial charge is 0.454 e. The molecule has 2 amide bonds. The molecule has 2 aromatic carbocycles. The third-order valence-electron chi connectivity index (χ3n) is 7.43. The molecule has 0 aromatic heterocycles. The highest BCUT2D eigenvalue weighted by atomic mass is 16.7. The van der Waals surface area contributed by atoms with Crippen LogP contribution >= 0.6 is 0 Å². The first kappa shape index (κ1) is 21.8. The molecular weight excluding hydrogens is 416 g/mol. The molecule has 174 valence electrons. The van der Waals surface area contributed by atoms with Gasteiger partial charge in [0.1, 0.15) is 0 Å². The first-order valence-corrected chi connectivity index (χ1v) is 12.0. The van der Waals surface area contributed by atoms with Crippen LogP contribution in [0, 0.1) is 6.92 Å². The van der Waals surface area contributed by atoms with Crippen LogP contribution in [-0.2, 0) is 16.0 Å². The molecule has 0 spiro atoms. The average Bonchev–Trinajstić information content (AvgIpc) is 3.44. The van der Waals surface area contributed by atoms with Crippen LogP contribution in [0.2, 0.25) is 0 Å². The number of hydrogen-bond donors (Lipinski definition) is 1.